The zero-order valence-corrected chi connectivity index (χ0v) is 21.8. The van der Waals surface area contributed by atoms with E-state index in [1.807, 2.05) is 18.5 Å². The van der Waals surface area contributed by atoms with Gasteiger partial charge in [-0.3, -0.25) is 0 Å². The Hall–Kier alpha value is -3.08. The minimum Gasteiger partial charge on any atom is -0.420 e. The molecule has 0 bridgehead atoms. The molecule has 1 aromatic heterocycles. The predicted molar refractivity (Wildman–Crippen MR) is 144 cm³/mol. The van der Waals surface area contributed by atoms with Crippen molar-refractivity contribution in [1.29, 1.82) is 0 Å². The van der Waals surface area contributed by atoms with E-state index >= 15 is 0 Å². The van der Waals surface area contributed by atoms with Crippen molar-refractivity contribution in [2.75, 3.05) is 0 Å². The van der Waals surface area contributed by atoms with Crippen molar-refractivity contribution in [3.05, 3.63) is 77.4 Å². The van der Waals surface area contributed by atoms with Gasteiger partial charge >= 0.3 is 5.97 Å². The van der Waals surface area contributed by atoms with E-state index in [1.165, 1.54) is 51.0 Å². The molecule has 36 heavy (non-hydrogen) atoms. The van der Waals surface area contributed by atoms with Crippen LogP contribution in [0.1, 0.15) is 99.5 Å². The van der Waals surface area contributed by atoms with Crippen LogP contribution in [0.15, 0.2) is 54.9 Å². The van der Waals surface area contributed by atoms with Gasteiger partial charge in [0.15, 0.2) is 17.4 Å². The second-order valence-corrected chi connectivity index (χ2v) is 9.47. The highest BCUT2D eigenvalue weighted by Crippen LogP contribution is 2.22. The number of ether oxygens (including phenoxy) is 1. The molecule has 0 unspecified atom stereocenters. The van der Waals surface area contributed by atoms with Crippen molar-refractivity contribution >= 4 is 5.97 Å². The maximum absolute atomic E-state index is 14.5. The Balaban J connectivity index is 1.51. The molecular formula is C31H39FN2O2. The standard InChI is InChI=1S/C31H39FN2O2/c1-3-5-7-9-11-13-24-15-20-29(28(32)21-24)36-31(35)27-18-16-26(17-19-27)30-33-22-25(23-34-30)14-12-10-8-6-4-2/h15-23H,3-14H2,1-2H3. The molecule has 0 N–H and O–H groups in total. The molecule has 0 saturated heterocycles. The number of benzene rings is 2. The van der Waals surface area contributed by atoms with Crippen molar-refractivity contribution < 1.29 is 13.9 Å². The molecule has 3 aromatic rings. The first-order valence-electron chi connectivity index (χ1n) is 13.5. The third-order valence-electron chi connectivity index (χ3n) is 6.42. The fraction of sp³-hybridized carbons (Fsp3) is 0.452. The molecule has 1 heterocycles. The Kier molecular flexibility index (Phi) is 11.6. The number of aromatic nitrogens is 2. The second kappa shape index (κ2) is 15.1. The molecule has 0 aliphatic heterocycles. The highest BCUT2D eigenvalue weighted by atomic mass is 19.1. The molecule has 0 aliphatic carbocycles. The number of hydrogen-bond donors (Lipinski definition) is 0. The summed E-state index contributed by atoms with van der Waals surface area (Å²) >= 11 is 0. The van der Waals surface area contributed by atoms with Gasteiger partial charge in [-0.25, -0.2) is 19.2 Å². The van der Waals surface area contributed by atoms with Crippen LogP contribution in [0.5, 0.6) is 5.75 Å². The van der Waals surface area contributed by atoms with Crippen LogP contribution in [0.2, 0.25) is 0 Å². The minimum absolute atomic E-state index is 0.0487. The summed E-state index contributed by atoms with van der Waals surface area (Å²) < 4.78 is 19.8. The number of carbonyl (C=O) groups excluding carboxylic acids is 1. The van der Waals surface area contributed by atoms with Gasteiger partial charge in [0.05, 0.1) is 5.56 Å². The van der Waals surface area contributed by atoms with Gasteiger partial charge in [-0.1, -0.05) is 83.4 Å². The summed E-state index contributed by atoms with van der Waals surface area (Å²) in [4.78, 5) is 21.5. The number of halogens is 1. The smallest absolute Gasteiger partial charge is 0.343 e. The van der Waals surface area contributed by atoms with Gasteiger partial charge in [-0.15, -0.1) is 0 Å². The highest BCUT2D eigenvalue weighted by molar-refractivity contribution is 5.91. The summed E-state index contributed by atoms with van der Waals surface area (Å²) in [5.74, 6) is -0.537. The molecule has 0 amide bonds. The molecule has 0 radical (unpaired) electrons. The number of hydrogen-bond acceptors (Lipinski definition) is 4. The summed E-state index contributed by atoms with van der Waals surface area (Å²) in [7, 11) is 0. The van der Waals surface area contributed by atoms with E-state index in [9.17, 15) is 9.18 Å². The van der Waals surface area contributed by atoms with E-state index in [4.69, 9.17) is 4.74 Å². The van der Waals surface area contributed by atoms with Gasteiger partial charge in [0.1, 0.15) is 0 Å². The van der Waals surface area contributed by atoms with Gasteiger partial charge in [0.2, 0.25) is 0 Å². The molecule has 0 saturated carbocycles. The fourth-order valence-electron chi connectivity index (χ4n) is 4.20. The lowest BCUT2D eigenvalue weighted by Crippen LogP contribution is -2.09. The average molecular weight is 491 g/mol. The number of nitrogens with zero attached hydrogens (tertiary/aromatic N) is 2. The lowest BCUT2D eigenvalue weighted by atomic mass is 10.1. The zero-order valence-electron chi connectivity index (χ0n) is 21.8. The minimum atomic E-state index is -0.591. The van der Waals surface area contributed by atoms with Crippen molar-refractivity contribution in [1.82, 2.24) is 9.97 Å². The molecule has 5 heteroatoms. The summed E-state index contributed by atoms with van der Waals surface area (Å²) in [6, 6.07) is 11.7. The topological polar surface area (TPSA) is 52.1 Å². The quantitative estimate of drug-likeness (QED) is 0.122. The largest absolute Gasteiger partial charge is 0.420 e. The third kappa shape index (κ3) is 8.85. The normalized spacial score (nSPS) is 11.0. The monoisotopic (exact) mass is 490 g/mol. The van der Waals surface area contributed by atoms with Crippen molar-refractivity contribution in [3.8, 4) is 17.1 Å². The Morgan fingerprint density at radius 2 is 1.33 bits per heavy atom. The van der Waals surface area contributed by atoms with Crippen LogP contribution in [0.4, 0.5) is 4.39 Å². The van der Waals surface area contributed by atoms with E-state index in [0.29, 0.717) is 11.4 Å². The number of rotatable bonds is 15. The number of esters is 1. The molecule has 0 fully saturated rings. The van der Waals surface area contributed by atoms with Crippen LogP contribution in [-0.2, 0) is 12.8 Å². The zero-order chi connectivity index (χ0) is 25.6. The average Bonchev–Trinajstić information content (AvgIpc) is 2.90. The van der Waals surface area contributed by atoms with E-state index in [2.05, 4.69) is 23.8 Å². The van der Waals surface area contributed by atoms with Crippen LogP contribution in [-0.4, -0.2) is 15.9 Å². The summed E-state index contributed by atoms with van der Waals surface area (Å²) in [5, 5.41) is 0. The van der Waals surface area contributed by atoms with E-state index < -0.39 is 11.8 Å². The van der Waals surface area contributed by atoms with Gasteiger partial charge in [0, 0.05) is 18.0 Å². The van der Waals surface area contributed by atoms with Gasteiger partial charge in [-0.05, 0) is 61.1 Å². The number of aryl methyl sites for hydroxylation is 2. The van der Waals surface area contributed by atoms with E-state index in [1.54, 1.807) is 30.3 Å². The maximum atomic E-state index is 14.5. The first-order chi connectivity index (χ1) is 17.6. The third-order valence-corrected chi connectivity index (χ3v) is 6.42. The van der Waals surface area contributed by atoms with Gasteiger partial charge < -0.3 is 4.74 Å². The van der Waals surface area contributed by atoms with Crippen LogP contribution in [0.3, 0.4) is 0 Å². The molecule has 0 aliphatic rings. The van der Waals surface area contributed by atoms with E-state index in [-0.39, 0.29) is 5.75 Å². The Morgan fingerprint density at radius 3 is 1.92 bits per heavy atom. The van der Waals surface area contributed by atoms with Gasteiger partial charge in [0.25, 0.3) is 0 Å². The lowest BCUT2D eigenvalue weighted by molar-refractivity contribution is 0.0728. The first-order valence-corrected chi connectivity index (χ1v) is 13.5. The molecule has 192 valence electrons. The molecule has 4 nitrogen and oxygen atoms in total. The molecule has 3 rings (SSSR count). The second-order valence-electron chi connectivity index (χ2n) is 9.47. The lowest BCUT2D eigenvalue weighted by Gasteiger charge is -2.08. The summed E-state index contributed by atoms with van der Waals surface area (Å²) in [5.41, 5.74) is 3.23. The van der Waals surface area contributed by atoms with Crippen LogP contribution in [0, 0.1) is 5.82 Å². The van der Waals surface area contributed by atoms with Crippen molar-refractivity contribution in [3.63, 3.8) is 0 Å². The fourth-order valence-corrected chi connectivity index (χ4v) is 4.20. The van der Waals surface area contributed by atoms with Crippen LogP contribution >= 0.6 is 0 Å². The van der Waals surface area contributed by atoms with Gasteiger partial charge in [-0.2, -0.15) is 0 Å². The van der Waals surface area contributed by atoms with Crippen LogP contribution in [0.25, 0.3) is 11.4 Å². The van der Waals surface area contributed by atoms with Crippen LogP contribution < -0.4 is 4.74 Å². The summed E-state index contributed by atoms with van der Waals surface area (Å²) in [6.45, 7) is 4.41. The Bertz CT molecular complexity index is 1060. The predicted octanol–water partition coefficient (Wildman–Crippen LogP) is 8.53. The SMILES string of the molecule is CCCCCCCc1cnc(-c2ccc(C(=O)Oc3ccc(CCCCCCC)cc3F)cc2)nc1. The molecule has 0 spiro atoms. The maximum Gasteiger partial charge on any atom is 0.343 e. The highest BCUT2D eigenvalue weighted by Gasteiger charge is 2.13. The number of unbranched alkanes of at least 4 members (excludes halogenated alkanes) is 8. The van der Waals surface area contributed by atoms with E-state index in [0.717, 1.165) is 48.8 Å². The van der Waals surface area contributed by atoms with Crippen molar-refractivity contribution in [2.24, 2.45) is 0 Å². The first kappa shape index (κ1) is 27.5. The Morgan fingerprint density at radius 1 is 0.750 bits per heavy atom. The summed E-state index contributed by atoms with van der Waals surface area (Å²) in [6.07, 6.45) is 17.6. The Labute approximate surface area is 215 Å². The molecule has 0 atom stereocenters. The van der Waals surface area contributed by atoms with Crippen molar-refractivity contribution in [2.45, 2.75) is 90.9 Å². The molecule has 2 aromatic carbocycles. The number of carbonyl (C=O) groups is 1. The molecular weight excluding hydrogens is 451 g/mol.